The number of hydrogen-bond acceptors (Lipinski definition) is 2. The number of amides is 2. The lowest BCUT2D eigenvalue weighted by Crippen LogP contribution is -2.47. The molecule has 0 saturated heterocycles. The summed E-state index contributed by atoms with van der Waals surface area (Å²) in [5.74, 6) is 1.74. The van der Waals surface area contributed by atoms with Crippen LogP contribution in [0, 0.1) is 47.3 Å². The van der Waals surface area contributed by atoms with Crippen molar-refractivity contribution in [2.45, 2.75) is 12.8 Å². The van der Waals surface area contributed by atoms with Crippen molar-refractivity contribution in [3.8, 4) is 0 Å². The number of fused-ring (bicyclic) bond motifs is 9. The van der Waals surface area contributed by atoms with Gasteiger partial charge in [-0.25, -0.2) is 0 Å². The van der Waals surface area contributed by atoms with E-state index in [1.165, 1.54) is 6.42 Å². The van der Waals surface area contributed by atoms with E-state index in [2.05, 4.69) is 12.2 Å². The van der Waals surface area contributed by atoms with Crippen LogP contribution in [0.3, 0.4) is 0 Å². The molecule has 0 aromatic heterocycles. The molecule has 8 unspecified atom stereocenters. The minimum absolute atomic E-state index is 0.301. The van der Waals surface area contributed by atoms with Crippen molar-refractivity contribution >= 4 is 11.8 Å². The maximum absolute atomic E-state index is 11.7. The maximum Gasteiger partial charge on any atom is 0.221 e. The predicted octanol–water partition coefficient (Wildman–Crippen LogP) is 0.277. The molecule has 4 heteroatoms. The second-order valence-corrected chi connectivity index (χ2v) is 6.52. The van der Waals surface area contributed by atoms with Crippen LogP contribution in [0.25, 0.3) is 0 Å². The Hall–Kier alpha value is -1.32. The van der Waals surface area contributed by atoms with E-state index in [9.17, 15) is 9.59 Å². The van der Waals surface area contributed by atoms with Gasteiger partial charge >= 0.3 is 0 Å². The van der Waals surface area contributed by atoms with Gasteiger partial charge in [-0.1, -0.05) is 12.2 Å². The maximum atomic E-state index is 11.7. The van der Waals surface area contributed by atoms with Gasteiger partial charge in [-0.15, -0.1) is 0 Å². The highest BCUT2D eigenvalue weighted by Crippen LogP contribution is 2.68. The van der Waals surface area contributed by atoms with Gasteiger partial charge < -0.3 is 11.5 Å². The second kappa shape index (κ2) is 3.16. The van der Waals surface area contributed by atoms with Crippen molar-refractivity contribution in [3.05, 3.63) is 12.2 Å². The van der Waals surface area contributed by atoms with E-state index in [1.807, 2.05) is 0 Å². The molecule has 0 heterocycles. The molecular weight excluding hydrogens is 228 g/mol. The molecule has 3 saturated carbocycles. The van der Waals surface area contributed by atoms with E-state index >= 15 is 0 Å². The van der Waals surface area contributed by atoms with Crippen LogP contribution < -0.4 is 11.5 Å². The number of rotatable bonds is 2. The topological polar surface area (TPSA) is 86.2 Å². The summed E-state index contributed by atoms with van der Waals surface area (Å²) in [4.78, 5) is 23.4. The smallest absolute Gasteiger partial charge is 0.221 e. The van der Waals surface area contributed by atoms with Crippen molar-refractivity contribution < 1.29 is 9.59 Å². The quantitative estimate of drug-likeness (QED) is 0.541. The fourth-order valence-corrected chi connectivity index (χ4v) is 5.81. The highest BCUT2D eigenvalue weighted by atomic mass is 16.2. The average Bonchev–Trinajstić information content (AvgIpc) is 3.04. The second-order valence-electron chi connectivity index (χ2n) is 6.52. The molecule has 4 nitrogen and oxygen atoms in total. The van der Waals surface area contributed by atoms with Crippen molar-refractivity contribution in [2.24, 2.45) is 58.8 Å². The third kappa shape index (κ3) is 1.03. The molecule has 4 aliphatic carbocycles. The predicted molar refractivity (Wildman–Crippen MR) is 64.7 cm³/mol. The van der Waals surface area contributed by atoms with Crippen LogP contribution in [-0.2, 0) is 9.59 Å². The van der Waals surface area contributed by atoms with E-state index in [0.29, 0.717) is 35.5 Å². The molecule has 4 aliphatic rings. The van der Waals surface area contributed by atoms with E-state index in [4.69, 9.17) is 11.5 Å². The van der Waals surface area contributed by atoms with Gasteiger partial charge in [0, 0.05) is 0 Å². The Kier molecular flexibility index (Phi) is 1.86. The average molecular weight is 246 g/mol. The molecule has 18 heavy (non-hydrogen) atoms. The molecule has 0 aromatic rings. The summed E-state index contributed by atoms with van der Waals surface area (Å²) in [6.45, 7) is 0. The van der Waals surface area contributed by atoms with Gasteiger partial charge in [-0.2, -0.15) is 0 Å². The van der Waals surface area contributed by atoms with Crippen LogP contribution in [0.5, 0.6) is 0 Å². The lowest BCUT2D eigenvalue weighted by molar-refractivity contribution is -0.136. The summed E-state index contributed by atoms with van der Waals surface area (Å²) in [7, 11) is 0. The number of primary amides is 2. The summed E-state index contributed by atoms with van der Waals surface area (Å²) >= 11 is 0. The van der Waals surface area contributed by atoms with Gasteiger partial charge in [0.05, 0.1) is 11.8 Å². The minimum Gasteiger partial charge on any atom is -0.369 e. The summed E-state index contributed by atoms with van der Waals surface area (Å²) in [6.07, 6.45) is 6.80. The first-order valence-electron chi connectivity index (χ1n) is 6.86. The van der Waals surface area contributed by atoms with E-state index in [1.54, 1.807) is 0 Å². The normalized spacial score (nSPS) is 54.9. The van der Waals surface area contributed by atoms with Gasteiger partial charge in [0.25, 0.3) is 0 Å². The van der Waals surface area contributed by atoms with Crippen molar-refractivity contribution in [1.29, 1.82) is 0 Å². The zero-order chi connectivity index (χ0) is 12.6. The number of allylic oxidation sites excluding steroid dienone is 2. The number of nitrogens with two attached hydrogens (primary N) is 2. The Labute approximate surface area is 106 Å². The molecule has 8 atom stereocenters. The third-order valence-electron chi connectivity index (χ3n) is 6.08. The van der Waals surface area contributed by atoms with E-state index in [0.717, 1.165) is 6.42 Å². The molecule has 2 amide bonds. The molecule has 3 fully saturated rings. The molecule has 4 bridgehead atoms. The monoisotopic (exact) mass is 246 g/mol. The first-order chi connectivity index (χ1) is 8.59. The molecule has 4 N–H and O–H groups in total. The molecule has 0 aromatic carbocycles. The van der Waals surface area contributed by atoms with Crippen LogP contribution in [0.15, 0.2) is 12.2 Å². The molecular formula is C14H18N2O2. The summed E-state index contributed by atoms with van der Waals surface area (Å²) in [5.41, 5.74) is 11.1. The zero-order valence-electron chi connectivity index (χ0n) is 10.2. The van der Waals surface area contributed by atoms with Gasteiger partial charge in [0.1, 0.15) is 0 Å². The van der Waals surface area contributed by atoms with Crippen LogP contribution in [0.4, 0.5) is 0 Å². The fraction of sp³-hybridized carbons (Fsp3) is 0.714. The van der Waals surface area contributed by atoms with Gasteiger partial charge in [0.2, 0.25) is 11.8 Å². The lowest BCUT2D eigenvalue weighted by atomic mass is 9.64. The summed E-state index contributed by atoms with van der Waals surface area (Å²) in [6, 6.07) is 0. The largest absolute Gasteiger partial charge is 0.369 e. The first kappa shape index (κ1) is 10.6. The van der Waals surface area contributed by atoms with Crippen molar-refractivity contribution in [3.63, 3.8) is 0 Å². The van der Waals surface area contributed by atoms with Crippen LogP contribution in [0.1, 0.15) is 12.8 Å². The van der Waals surface area contributed by atoms with Crippen LogP contribution >= 0.6 is 0 Å². The van der Waals surface area contributed by atoms with Crippen molar-refractivity contribution in [1.82, 2.24) is 0 Å². The highest BCUT2D eigenvalue weighted by molar-refractivity contribution is 5.87. The number of carbonyl (C=O) groups is 2. The van der Waals surface area contributed by atoms with Crippen LogP contribution in [-0.4, -0.2) is 11.8 Å². The van der Waals surface area contributed by atoms with Gasteiger partial charge in [0.15, 0.2) is 0 Å². The summed E-state index contributed by atoms with van der Waals surface area (Å²) in [5, 5.41) is 0. The summed E-state index contributed by atoms with van der Waals surface area (Å²) < 4.78 is 0. The number of hydrogen-bond donors (Lipinski definition) is 2. The standard InChI is InChI=1S/C14H18N2O2/c15-13(17)11-7-4-8(12(11)14(16)18)10-6-2-1-5(3-6)9(7)10/h1-2,5-12H,3-4H2,(H2,15,17)(H2,16,18). The highest BCUT2D eigenvalue weighted by Gasteiger charge is 2.66. The first-order valence-corrected chi connectivity index (χ1v) is 6.86. The fourth-order valence-electron chi connectivity index (χ4n) is 5.81. The Balaban J connectivity index is 1.76. The van der Waals surface area contributed by atoms with Gasteiger partial charge in [-0.3, -0.25) is 9.59 Å². The Bertz CT molecular complexity index is 432. The lowest BCUT2D eigenvalue weighted by Gasteiger charge is -2.39. The molecule has 0 spiro atoms. The minimum atomic E-state index is -0.323. The molecule has 96 valence electrons. The Morgan fingerprint density at radius 1 is 0.833 bits per heavy atom. The zero-order valence-corrected chi connectivity index (χ0v) is 10.2. The Morgan fingerprint density at radius 3 is 1.67 bits per heavy atom. The molecule has 0 aliphatic heterocycles. The Morgan fingerprint density at radius 2 is 1.28 bits per heavy atom. The van der Waals surface area contributed by atoms with Gasteiger partial charge in [-0.05, 0) is 48.3 Å². The molecule has 4 rings (SSSR count). The van der Waals surface area contributed by atoms with E-state index < -0.39 is 0 Å². The third-order valence-corrected chi connectivity index (χ3v) is 6.08. The van der Waals surface area contributed by atoms with Crippen molar-refractivity contribution in [2.75, 3.05) is 0 Å². The molecule has 0 radical (unpaired) electrons. The number of carbonyl (C=O) groups excluding carboxylic acids is 2. The SMILES string of the molecule is NC(=O)C1C2CC(C1C(N)=O)C1C3C=CC(C3)C21. The van der Waals surface area contributed by atoms with Crippen LogP contribution in [0.2, 0.25) is 0 Å². The van der Waals surface area contributed by atoms with E-state index in [-0.39, 0.29) is 23.7 Å².